The molecule has 1 aliphatic heterocycles. The number of benzene rings is 3. The number of thiazole rings is 1. The van der Waals surface area contributed by atoms with E-state index in [1.165, 1.54) is 11.3 Å². The highest BCUT2D eigenvalue weighted by atomic mass is 32.1. The molecule has 0 bridgehead atoms. The number of rotatable bonds is 13. The summed E-state index contributed by atoms with van der Waals surface area (Å²) in [5.41, 5.74) is 2.03. The minimum absolute atomic E-state index is 0.200. The second-order valence-corrected chi connectivity index (χ2v) is 11.1. The molecule has 0 saturated carbocycles. The maximum absolute atomic E-state index is 14.0. The van der Waals surface area contributed by atoms with Crippen molar-refractivity contribution < 1.29 is 33.2 Å². The molecule has 11 heteroatoms. The van der Waals surface area contributed by atoms with Crippen LogP contribution in [0.15, 0.2) is 87.8 Å². The van der Waals surface area contributed by atoms with Crippen molar-refractivity contribution >= 4 is 23.4 Å². The van der Waals surface area contributed by atoms with Gasteiger partial charge in [-0.25, -0.2) is 9.79 Å². The minimum atomic E-state index is -0.712. The zero-order valence-corrected chi connectivity index (χ0v) is 27.2. The van der Waals surface area contributed by atoms with Crippen LogP contribution < -0.4 is 38.6 Å². The van der Waals surface area contributed by atoms with Gasteiger partial charge in [0.25, 0.3) is 5.56 Å². The van der Waals surface area contributed by atoms with Crippen LogP contribution in [0.1, 0.15) is 37.9 Å². The third-order valence-electron chi connectivity index (χ3n) is 7.18. The van der Waals surface area contributed by atoms with Crippen LogP contribution in [-0.4, -0.2) is 51.2 Å². The third-order valence-corrected chi connectivity index (χ3v) is 8.16. The number of carbonyl (C=O) groups is 1. The van der Waals surface area contributed by atoms with E-state index in [2.05, 4.69) is 4.99 Å². The minimum Gasteiger partial charge on any atom is -0.497 e. The van der Waals surface area contributed by atoms with Gasteiger partial charge in [-0.15, -0.1) is 0 Å². The molecule has 5 rings (SSSR count). The van der Waals surface area contributed by atoms with Gasteiger partial charge >= 0.3 is 5.97 Å². The molecule has 0 saturated heterocycles. The smallest absolute Gasteiger partial charge is 0.338 e. The highest BCUT2D eigenvalue weighted by molar-refractivity contribution is 7.07. The number of hydrogen-bond donors (Lipinski definition) is 0. The molecular formula is C35H36N2O8S. The summed E-state index contributed by atoms with van der Waals surface area (Å²) in [4.78, 5) is 32.3. The number of aromatic nitrogens is 1. The Morgan fingerprint density at radius 3 is 2.22 bits per heavy atom. The summed E-state index contributed by atoms with van der Waals surface area (Å²) in [5.74, 6) is 2.53. The maximum Gasteiger partial charge on any atom is 0.338 e. The van der Waals surface area contributed by atoms with Gasteiger partial charge in [-0.05, 0) is 74.4 Å². The Bertz CT molecular complexity index is 1910. The molecule has 0 spiro atoms. The van der Waals surface area contributed by atoms with Gasteiger partial charge in [-0.1, -0.05) is 41.7 Å². The summed E-state index contributed by atoms with van der Waals surface area (Å²) in [5, 5.41) is 0. The molecule has 240 valence electrons. The Labute approximate surface area is 270 Å². The van der Waals surface area contributed by atoms with Crippen molar-refractivity contribution in [3.63, 3.8) is 0 Å². The Balaban J connectivity index is 1.45. The molecule has 1 atom stereocenters. The Kier molecular flexibility index (Phi) is 10.4. The summed E-state index contributed by atoms with van der Waals surface area (Å²) in [6.45, 7) is 6.61. The number of methoxy groups -OCH3 is 2. The Morgan fingerprint density at radius 2 is 1.57 bits per heavy atom. The fraction of sp³-hybridized carbons (Fsp3) is 0.286. The third kappa shape index (κ3) is 6.94. The fourth-order valence-electron chi connectivity index (χ4n) is 5.09. The van der Waals surface area contributed by atoms with E-state index in [9.17, 15) is 9.59 Å². The molecule has 0 radical (unpaired) electrons. The molecule has 1 aromatic heterocycles. The van der Waals surface area contributed by atoms with Gasteiger partial charge in [0.15, 0.2) is 27.8 Å². The molecule has 0 amide bonds. The van der Waals surface area contributed by atoms with Crippen molar-refractivity contribution in [2.75, 3.05) is 40.6 Å². The molecule has 2 heterocycles. The zero-order chi connectivity index (χ0) is 32.6. The van der Waals surface area contributed by atoms with Crippen molar-refractivity contribution in [2.24, 2.45) is 4.99 Å². The SMILES string of the molecule is CCOC(=O)C1=C(C)N=c2s/c(=C/c3ccc(OCCOc4ccccc4OC)c(OCC)c3)c(=O)n2[C@@H]1c1ccc(OC)cc1. The lowest BCUT2D eigenvalue weighted by Crippen LogP contribution is -2.39. The topological polar surface area (TPSA) is 107 Å². The molecule has 0 fully saturated rings. The second kappa shape index (κ2) is 14.8. The number of fused-ring (bicyclic) bond motifs is 1. The van der Waals surface area contributed by atoms with Crippen LogP contribution in [0.3, 0.4) is 0 Å². The standard InChI is InChI=1S/C35H36N2O8S/c1-6-42-29-20-23(12-17-28(29)45-19-18-44-27-11-9-8-10-26(27)41-5)21-30-33(38)37-32(24-13-15-25(40-4)16-14-24)31(34(39)43-7-2)22(3)36-35(37)46-30/h8-17,20-21,32H,6-7,18-19H2,1-5H3/b30-21+/t32-/m1/s1. The van der Waals surface area contributed by atoms with Crippen molar-refractivity contribution in [3.8, 4) is 28.7 Å². The van der Waals surface area contributed by atoms with Crippen molar-refractivity contribution in [1.82, 2.24) is 4.57 Å². The van der Waals surface area contributed by atoms with Crippen LogP contribution in [0.5, 0.6) is 28.7 Å². The van der Waals surface area contributed by atoms with Crippen LogP contribution in [0.2, 0.25) is 0 Å². The summed E-state index contributed by atoms with van der Waals surface area (Å²) >= 11 is 1.25. The number of allylic oxidation sites excluding steroid dienone is 1. The second-order valence-electron chi connectivity index (χ2n) is 10.1. The number of nitrogens with zero attached hydrogens (tertiary/aromatic N) is 2. The van der Waals surface area contributed by atoms with E-state index in [1.807, 2.05) is 55.5 Å². The molecule has 3 aromatic carbocycles. The van der Waals surface area contributed by atoms with E-state index < -0.39 is 12.0 Å². The molecule has 0 unspecified atom stereocenters. The summed E-state index contributed by atoms with van der Waals surface area (Å²) in [6.07, 6.45) is 1.79. The van der Waals surface area contributed by atoms with Gasteiger partial charge in [0, 0.05) is 0 Å². The van der Waals surface area contributed by atoms with E-state index in [4.69, 9.17) is 28.4 Å². The van der Waals surface area contributed by atoms with E-state index in [0.29, 0.717) is 62.6 Å². The zero-order valence-electron chi connectivity index (χ0n) is 26.4. The molecule has 10 nitrogen and oxygen atoms in total. The monoisotopic (exact) mass is 644 g/mol. The van der Waals surface area contributed by atoms with E-state index >= 15 is 0 Å². The van der Waals surface area contributed by atoms with Gasteiger partial charge in [0.1, 0.15) is 19.0 Å². The van der Waals surface area contributed by atoms with Gasteiger partial charge < -0.3 is 28.4 Å². The first kappa shape index (κ1) is 32.4. The first-order valence-corrected chi connectivity index (χ1v) is 15.7. The Hall–Kier alpha value is -5.03. The average Bonchev–Trinajstić information content (AvgIpc) is 3.37. The predicted molar refractivity (Wildman–Crippen MR) is 175 cm³/mol. The average molecular weight is 645 g/mol. The van der Waals surface area contributed by atoms with Gasteiger partial charge in [0.05, 0.1) is 49.3 Å². The lowest BCUT2D eigenvalue weighted by Gasteiger charge is -2.24. The quantitative estimate of drug-likeness (QED) is 0.153. The summed E-state index contributed by atoms with van der Waals surface area (Å²) in [7, 11) is 3.18. The van der Waals surface area contributed by atoms with E-state index in [0.717, 1.165) is 11.1 Å². The van der Waals surface area contributed by atoms with Gasteiger partial charge in [-0.2, -0.15) is 0 Å². The van der Waals surface area contributed by atoms with Crippen LogP contribution in [0.4, 0.5) is 0 Å². The van der Waals surface area contributed by atoms with Crippen LogP contribution in [0.25, 0.3) is 6.08 Å². The van der Waals surface area contributed by atoms with Crippen molar-refractivity contribution in [3.05, 3.63) is 109 Å². The number of hydrogen-bond acceptors (Lipinski definition) is 10. The van der Waals surface area contributed by atoms with Crippen molar-refractivity contribution in [1.29, 1.82) is 0 Å². The van der Waals surface area contributed by atoms with Crippen LogP contribution in [0, 0.1) is 0 Å². The van der Waals surface area contributed by atoms with E-state index in [-0.39, 0.29) is 18.8 Å². The number of ether oxygens (including phenoxy) is 6. The highest BCUT2D eigenvalue weighted by Crippen LogP contribution is 2.32. The summed E-state index contributed by atoms with van der Waals surface area (Å²) in [6, 6.07) is 19.5. The normalized spacial score (nSPS) is 14.3. The lowest BCUT2D eigenvalue weighted by molar-refractivity contribution is -0.139. The molecule has 0 N–H and O–H groups in total. The first-order chi connectivity index (χ1) is 22.4. The molecule has 0 aliphatic carbocycles. The van der Waals surface area contributed by atoms with Crippen LogP contribution >= 0.6 is 11.3 Å². The fourth-order valence-corrected chi connectivity index (χ4v) is 6.13. The molecular weight excluding hydrogens is 608 g/mol. The number of carbonyl (C=O) groups excluding carboxylic acids is 1. The molecule has 46 heavy (non-hydrogen) atoms. The Morgan fingerprint density at radius 1 is 0.870 bits per heavy atom. The summed E-state index contributed by atoms with van der Waals surface area (Å²) < 4.78 is 35.7. The van der Waals surface area contributed by atoms with E-state index in [1.54, 1.807) is 56.9 Å². The highest BCUT2D eigenvalue weighted by Gasteiger charge is 2.33. The largest absolute Gasteiger partial charge is 0.497 e. The maximum atomic E-state index is 14.0. The first-order valence-electron chi connectivity index (χ1n) is 14.9. The van der Waals surface area contributed by atoms with Gasteiger partial charge in [-0.3, -0.25) is 9.36 Å². The number of esters is 1. The van der Waals surface area contributed by atoms with Crippen LogP contribution in [-0.2, 0) is 9.53 Å². The molecule has 1 aliphatic rings. The van der Waals surface area contributed by atoms with Crippen molar-refractivity contribution in [2.45, 2.75) is 26.8 Å². The lowest BCUT2D eigenvalue weighted by atomic mass is 9.96. The number of para-hydroxylation sites is 2. The predicted octanol–water partition coefficient (Wildman–Crippen LogP) is 4.67. The van der Waals surface area contributed by atoms with Gasteiger partial charge in [0.2, 0.25) is 0 Å². The molecule has 4 aromatic rings.